The summed E-state index contributed by atoms with van der Waals surface area (Å²) in [6, 6.07) is 9.27. The first kappa shape index (κ1) is 14.0. The number of halogens is 2. The Balaban J connectivity index is 1.88. The zero-order valence-electron chi connectivity index (χ0n) is 11.1. The highest BCUT2D eigenvalue weighted by molar-refractivity contribution is 9.10. The van der Waals surface area contributed by atoms with E-state index in [4.69, 9.17) is 4.74 Å². The monoisotopic (exact) mass is 350 g/mol. The molecular formula is C15H12BrFN2O2. The Kier molecular flexibility index (Phi) is 3.65. The summed E-state index contributed by atoms with van der Waals surface area (Å²) in [5.74, 6) is 0.432. The van der Waals surface area contributed by atoms with Gasteiger partial charge in [-0.3, -0.25) is 4.79 Å². The average Bonchev–Trinajstić information content (AvgIpc) is 2.71. The summed E-state index contributed by atoms with van der Waals surface area (Å²) in [4.78, 5) is 11.8. The largest absolute Gasteiger partial charge is 0.457 e. The molecule has 0 spiro atoms. The van der Waals surface area contributed by atoms with E-state index in [-0.39, 0.29) is 17.8 Å². The standard InChI is InChI=1S/C15H12BrFN2O2/c1-18-14-12-3-2-10(7-13(12)19-15(14)20)21-11-5-8(16)4-9(17)6-11/h2-7,14,18H,1H3,(H,19,20). The van der Waals surface area contributed by atoms with Crippen molar-refractivity contribution in [3.8, 4) is 11.5 Å². The van der Waals surface area contributed by atoms with Crippen molar-refractivity contribution in [1.29, 1.82) is 0 Å². The zero-order chi connectivity index (χ0) is 15.0. The lowest BCUT2D eigenvalue weighted by Gasteiger charge is -2.09. The molecule has 1 aliphatic rings. The fourth-order valence-electron chi connectivity index (χ4n) is 2.32. The Bertz CT molecular complexity index is 701. The molecule has 2 aromatic rings. The molecule has 1 unspecified atom stereocenters. The molecule has 0 bridgehead atoms. The molecule has 1 amide bonds. The number of rotatable bonds is 3. The van der Waals surface area contributed by atoms with Crippen molar-refractivity contribution in [1.82, 2.24) is 5.32 Å². The highest BCUT2D eigenvalue weighted by Gasteiger charge is 2.29. The quantitative estimate of drug-likeness (QED) is 0.889. The molecule has 0 aliphatic carbocycles. The normalized spacial score (nSPS) is 16.5. The van der Waals surface area contributed by atoms with Gasteiger partial charge in [-0.2, -0.15) is 0 Å². The van der Waals surface area contributed by atoms with Gasteiger partial charge in [0.2, 0.25) is 5.91 Å². The third kappa shape index (κ3) is 2.77. The minimum Gasteiger partial charge on any atom is -0.457 e. The second kappa shape index (κ2) is 5.46. The number of ether oxygens (including phenoxy) is 1. The molecule has 2 N–H and O–H groups in total. The molecular weight excluding hydrogens is 339 g/mol. The van der Waals surface area contributed by atoms with Crippen molar-refractivity contribution < 1.29 is 13.9 Å². The number of amides is 1. The van der Waals surface area contributed by atoms with Gasteiger partial charge in [-0.05, 0) is 25.2 Å². The van der Waals surface area contributed by atoms with Crippen LogP contribution in [0, 0.1) is 5.82 Å². The fourth-order valence-corrected chi connectivity index (χ4v) is 2.76. The molecule has 4 nitrogen and oxygen atoms in total. The van der Waals surface area contributed by atoms with Crippen LogP contribution in [0.5, 0.6) is 11.5 Å². The van der Waals surface area contributed by atoms with E-state index in [1.807, 2.05) is 6.07 Å². The number of carbonyl (C=O) groups excluding carboxylic acids is 1. The summed E-state index contributed by atoms with van der Waals surface area (Å²) in [6.07, 6.45) is 0. The first-order valence-corrected chi connectivity index (χ1v) is 7.12. The zero-order valence-corrected chi connectivity index (χ0v) is 12.7. The van der Waals surface area contributed by atoms with Gasteiger partial charge in [-0.15, -0.1) is 0 Å². The molecule has 6 heteroatoms. The summed E-state index contributed by atoms with van der Waals surface area (Å²) < 4.78 is 19.6. The van der Waals surface area contributed by atoms with Crippen molar-refractivity contribution in [2.24, 2.45) is 0 Å². The van der Waals surface area contributed by atoms with Crippen LogP contribution in [0.1, 0.15) is 11.6 Å². The molecule has 0 saturated carbocycles. The lowest BCUT2D eigenvalue weighted by atomic mass is 10.1. The molecule has 0 aromatic heterocycles. The molecule has 1 aliphatic heterocycles. The molecule has 1 atom stereocenters. The summed E-state index contributed by atoms with van der Waals surface area (Å²) >= 11 is 3.22. The first-order valence-electron chi connectivity index (χ1n) is 6.33. The lowest BCUT2D eigenvalue weighted by molar-refractivity contribution is -0.117. The van der Waals surface area contributed by atoms with Gasteiger partial charge < -0.3 is 15.4 Å². The van der Waals surface area contributed by atoms with E-state index in [1.165, 1.54) is 12.1 Å². The topological polar surface area (TPSA) is 50.4 Å². The van der Waals surface area contributed by atoms with Crippen LogP contribution >= 0.6 is 15.9 Å². The smallest absolute Gasteiger partial charge is 0.246 e. The Morgan fingerprint density at radius 1 is 1.24 bits per heavy atom. The van der Waals surface area contributed by atoms with Gasteiger partial charge in [0.05, 0.1) is 0 Å². The van der Waals surface area contributed by atoms with Crippen LogP contribution in [0.3, 0.4) is 0 Å². The van der Waals surface area contributed by atoms with Crippen LogP contribution in [0.2, 0.25) is 0 Å². The second-order valence-corrected chi connectivity index (χ2v) is 5.58. The van der Waals surface area contributed by atoms with E-state index >= 15 is 0 Å². The SMILES string of the molecule is CNC1C(=O)Nc2cc(Oc3cc(F)cc(Br)c3)ccc21. The van der Waals surface area contributed by atoms with E-state index in [0.29, 0.717) is 21.7 Å². The van der Waals surface area contributed by atoms with Crippen molar-refractivity contribution in [2.45, 2.75) is 6.04 Å². The maximum absolute atomic E-state index is 13.3. The maximum atomic E-state index is 13.3. The molecule has 2 aromatic carbocycles. The Hall–Kier alpha value is -1.92. The number of hydrogen-bond acceptors (Lipinski definition) is 3. The van der Waals surface area contributed by atoms with E-state index in [0.717, 1.165) is 5.56 Å². The van der Waals surface area contributed by atoms with Crippen molar-refractivity contribution >= 4 is 27.5 Å². The molecule has 21 heavy (non-hydrogen) atoms. The van der Waals surface area contributed by atoms with Crippen LogP contribution in [0.4, 0.5) is 10.1 Å². The molecule has 1 heterocycles. The summed E-state index contributed by atoms with van der Waals surface area (Å²) in [6.45, 7) is 0. The van der Waals surface area contributed by atoms with Gasteiger partial charge in [-0.1, -0.05) is 22.0 Å². The Morgan fingerprint density at radius 2 is 2.05 bits per heavy atom. The average molecular weight is 351 g/mol. The highest BCUT2D eigenvalue weighted by atomic mass is 79.9. The number of benzene rings is 2. The number of fused-ring (bicyclic) bond motifs is 1. The lowest BCUT2D eigenvalue weighted by Crippen LogP contribution is -2.23. The van der Waals surface area contributed by atoms with Gasteiger partial charge in [0.1, 0.15) is 23.4 Å². The fraction of sp³-hybridized carbons (Fsp3) is 0.133. The molecule has 108 valence electrons. The van der Waals surface area contributed by atoms with Gasteiger partial charge in [-0.25, -0.2) is 4.39 Å². The summed E-state index contributed by atoms with van der Waals surface area (Å²) in [5, 5.41) is 5.73. The minimum absolute atomic E-state index is 0.0989. The number of nitrogens with one attached hydrogen (secondary N) is 2. The van der Waals surface area contributed by atoms with Crippen LogP contribution < -0.4 is 15.4 Å². The van der Waals surface area contributed by atoms with E-state index in [9.17, 15) is 9.18 Å². The van der Waals surface area contributed by atoms with Crippen LogP contribution in [0.25, 0.3) is 0 Å². The third-order valence-electron chi connectivity index (χ3n) is 3.22. The predicted octanol–water partition coefficient (Wildman–Crippen LogP) is 3.59. The molecule has 0 saturated heterocycles. The number of anilines is 1. The van der Waals surface area contributed by atoms with Crippen molar-refractivity contribution in [2.75, 3.05) is 12.4 Å². The number of carbonyl (C=O) groups is 1. The van der Waals surface area contributed by atoms with Crippen LogP contribution in [-0.4, -0.2) is 13.0 Å². The van der Waals surface area contributed by atoms with Gasteiger partial charge in [0.25, 0.3) is 0 Å². The first-order chi connectivity index (χ1) is 10.1. The molecule has 0 fully saturated rings. The summed E-state index contributed by atoms with van der Waals surface area (Å²) in [7, 11) is 1.73. The van der Waals surface area contributed by atoms with Gasteiger partial charge in [0, 0.05) is 27.9 Å². The van der Waals surface area contributed by atoms with Crippen LogP contribution in [0.15, 0.2) is 40.9 Å². The Morgan fingerprint density at radius 3 is 2.76 bits per heavy atom. The Labute approximate surface area is 129 Å². The van der Waals surface area contributed by atoms with Gasteiger partial charge in [0.15, 0.2) is 0 Å². The van der Waals surface area contributed by atoms with E-state index in [2.05, 4.69) is 26.6 Å². The van der Waals surface area contributed by atoms with Crippen LogP contribution in [-0.2, 0) is 4.79 Å². The van der Waals surface area contributed by atoms with Gasteiger partial charge >= 0.3 is 0 Å². The molecule has 0 radical (unpaired) electrons. The van der Waals surface area contributed by atoms with E-state index < -0.39 is 0 Å². The maximum Gasteiger partial charge on any atom is 0.246 e. The summed E-state index contributed by atoms with van der Waals surface area (Å²) in [5.41, 5.74) is 1.57. The van der Waals surface area contributed by atoms with Crippen molar-refractivity contribution in [3.63, 3.8) is 0 Å². The third-order valence-corrected chi connectivity index (χ3v) is 3.67. The minimum atomic E-state index is -0.385. The van der Waals surface area contributed by atoms with E-state index in [1.54, 1.807) is 25.2 Å². The number of hydrogen-bond donors (Lipinski definition) is 2. The van der Waals surface area contributed by atoms with Crippen molar-refractivity contribution in [3.05, 3.63) is 52.3 Å². The predicted molar refractivity (Wildman–Crippen MR) is 81.0 cm³/mol. The molecule has 3 rings (SSSR count). The number of likely N-dealkylation sites (N-methyl/N-ethyl adjacent to an activating group) is 1. The second-order valence-electron chi connectivity index (χ2n) is 4.67. The highest BCUT2D eigenvalue weighted by Crippen LogP contribution is 2.35.